The molecule has 15 heavy (non-hydrogen) atoms. The summed E-state index contributed by atoms with van der Waals surface area (Å²) in [6, 6.07) is 0. The first-order chi connectivity index (χ1) is 7.05. The topological polar surface area (TPSA) is 68.2 Å². The van der Waals surface area contributed by atoms with Crippen molar-refractivity contribution in [3.63, 3.8) is 0 Å². The highest BCUT2D eigenvalue weighted by molar-refractivity contribution is 6.60. The summed E-state index contributed by atoms with van der Waals surface area (Å²) in [5, 5.41) is 8.94. The maximum absolute atomic E-state index is 10.9. The lowest BCUT2D eigenvalue weighted by Gasteiger charge is -2.29. The molecular formula is C8H19NO5Si. The van der Waals surface area contributed by atoms with E-state index in [-0.39, 0.29) is 6.17 Å². The highest BCUT2D eigenvalue weighted by atomic mass is 28.4. The third-order valence-corrected chi connectivity index (χ3v) is 4.72. The Morgan fingerprint density at radius 2 is 1.73 bits per heavy atom. The van der Waals surface area contributed by atoms with Crippen LogP contribution in [0.3, 0.4) is 0 Å². The maximum atomic E-state index is 10.9. The van der Waals surface area contributed by atoms with Crippen LogP contribution in [0, 0.1) is 0 Å². The Balaban J connectivity index is 4.52. The molecule has 0 unspecified atom stereocenters. The van der Waals surface area contributed by atoms with E-state index in [4.69, 9.17) is 18.4 Å². The van der Waals surface area contributed by atoms with Crippen LogP contribution in [0.1, 0.15) is 13.3 Å². The van der Waals surface area contributed by atoms with Crippen molar-refractivity contribution in [1.82, 2.24) is 4.90 Å². The predicted octanol–water partition coefficient (Wildman–Crippen LogP) is 0.794. The average molecular weight is 237 g/mol. The summed E-state index contributed by atoms with van der Waals surface area (Å²) in [6.45, 7) is 2.35. The van der Waals surface area contributed by atoms with Crippen molar-refractivity contribution < 1.29 is 23.2 Å². The van der Waals surface area contributed by atoms with Gasteiger partial charge < -0.3 is 23.3 Å². The lowest BCUT2D eigenvalue weighted by Crippen LogP contribution is -2.54. The SMILES string of the molecule is CCCN(C[Si](OC)(OC)OC)C(=O)O. The summed E-state index contributed by atoms with van der Waals surface area (Å²) in [7, 11) is 1.56. The van der Waals surface area contributed by atoms with Crippen molar-refractivity contribution in [2.24, 2.45) is 0 Å². The molecule has 7 heteroatoms. The van der Waals surface area contributed by atoms with E-state index >= 15 is 0 Å². The van der Waals surface area contributed by atoms with Gasteiger partial charge in [-0.1, -0.05) is 6.92 Å². The van der Waals surface area contributed by atoms with E-state index in [1.165, 1.54) is 26.2 Å². The molecule has 0 fully saturated rings. The van der Waals surface area contributed by atoms with Gasteiger partial charge in [0.2, 0.25) is 0 Å². The molecule has 0 rings (SSSR count). The minimum absolute atomic E-state index is 0.152. The van der Waals surface area contributed by atoms with Gasteiger partial charge in [0.25, 0.3) is 0 Å². The fourth-order valence-electron chi connectivity index (χ4n) is 1.19. The molecule has 6 nitrogen and oxygen atoms in total. The van der Waals surface area contributed by atoms with E-state index in [0.717, 1.165) is 6.42 Å². The first-order valence-corrected chi connectivity index (χ1v) is 6.61. The smallest absolute Gasteiger partial charge is 0.465 e. The first-order valence-electron chi connectivity index (χ1n) is 4.68. The molecule has 1 N–H and O–H groups in total. The Kier molecular flexibility index (Phi) is 6.49. The molecule has 0 aromatic rings. The maximum Gasteiger partial charge on any atom is 0.520 e. The molecule has 90 valence electrons. The van der Waals surface area contributed by atoms with Crippen LogP contribution in [-0.4, -0.2) is 58.9 Å². The lowest BCUT2D eigenvalue weighted by atomic mass is 10.5. The zero-order chi connectivity index (χ0) is 11.9. The van der Waals surface area contributed by atoms with Crippen LogP contribution in [0.2, 0.25) is 0 Å². The second-order valence-electron chi connectivity index (χ2n) is 3.00. The normalized spacial score (nSPS) is 11.5. The molecule has 0 heterocycles. The van der Waals surface area contributed by atoms with Gasteiger partial charge in [-0.3, -0.25) is 0 Å². The predicted molar refractivity (Wildman–Crippen MR) is 56.7 cm³/mol. The van der Waals surface area contributed by atoms with Crippen LogP contribution >= 0.6 is 0 Å². The van der Waals surface area contributed by atoms with Gasteiger partial charge in [0.15, 0.2) is 0 Å². The number of rotatable bonds is 7. The molecule has 0 bridgehead atoms. The Labute approximate surface area is 91.1 Å². The van der Waals surface area contributed by atoms with Crippen LogP contribution in [0.25, 0.3) is 0 Å². The van der Waals surface area contributed by atoms with Gasteiger partial charge >= 0.3 is 14.9 Å². The minimum atomic E-state index is -2.84. The number of carboxylic acid groups (broad SMARTS) is 1. The van der Waals surface area contributed by atoms with Crippen molar-refractivity contribution in [2.75, 3.05) is 34.0 Å². The van der Waals surface area contributed by atoms with Gasteiger partial charge in [-0.25, -0.2) is 4.79 Å². The fraction of sp³-hybridized carbons (Fsp3) is 0.875. The number of nitrogens with zero attached hydrogens (tertiary/aromatic N) is 1. The molecule has 0 saturated carbocycles. The highest BCUT2D eigenvalue weighted by Gasteiger charge is 2.41. The zero-order valence-corrected chi connectivity index (χ0v) is 10.6. The van der Waals surface area contributed by atoms with Crippen molar-refractivity contribution in [3.05, 3.63) is 0 Å². The van der Waals surface area contributed by atoms with E-state index in [1.54, 1.807) is 0 Å². The molecule has 0 aliphatic heterocycles. The summed E-state index contributed by atoms with van der Waals surface area (Å²) < 4.78 is 15.5. The van der Waals surface area contributed by atoms with Crippen LogP contribution in [0.15, 0.2) is 0 Å². The van der Waals surface area contributed by atoms with E-state index in [0.29, 0.717) is 6.54 Å². The second kappa shape index (κ2) is 6.78. The minimum Gasteiger partial charge on any atom is -0.465 e. The van der Waals surface area contributed by atoms with Gasteiger partial charge in [-0.05, 0) is 6.42 Å². The molecule has 0 aromatic carbocycles. The van der Waals surface area contributed by atoms with Crippen LogP contribution in [0.4, 0.5) is 4.79 Å². The quantitative estimate of drug-likeness (QED) is 0.663. The fourth-order valence-corrected chi connectivity index (χ4v) is 2.84. The van der Waals surface area contributed by atoms with Crippen LogP contribution in [0.5, 0.6) is 0 Å². The van der Waals surface area contributed by atoms with Gasteiger partial charge in [-0.2, -0.15) is 0 Å². The van der Waals surface area contributed by atoms with Crippen molar-refractivity contribution in [1.29, 1.82) is 0 Å². The highest BCUT2D eigenvalue weighted by Crippen LogP contribution is 2.09. The number of amides is 1. The summed E-state index contributed by atoms with van der Waals surface area (Å²) in [5.41, 5.74) is 0. The molecule has 1 amide bonds. The summed E-state index contributed by atoms with van der Waals surface area (Å²) in [5.74, 6) is 0. The van der Waals surface area contributed by atoms with E-state index in [2.05, 4.69) is 0 Å². The van der Waals surface area contributed by atoms with E-state index < -0.39 is 14.9 Å². The van der Waals surface area contributed by atoms with E-state index in [9.17, 15) is 4.79 Å². The molecule has 0 aromatic heterocycles. The van der Waals surface area contributed by atoms with Crippen molar-refractivity contribution >= 4 is 14.9 Å². The molecule has 0 radical (unpaired) electrons. The molecule has 0 aliphatic rings. The number of carbonyl (C=O) groups is 1. The third-order valence-electron chi connectivity index (χ3n) is 2.08. The average Bonchev–Trinajstić information content (AvgIpc) is 2.24. The molecule has 0 atom stereocenters. The van der Waals surface area contributed by atoms with Gasteiger partial charge in [0, 0.05) is 27.9 Å². The Bertz CT molecular complexity index is 189. The van der Waals surface area contributed by atoms with E-state index in [1.807, 2.05) is 6.92 Å². The van der Waals surface area contributed by atoms with Gasteiger partial charge in [-0.15, -0.1) is 0 Å². The largest absolute Gasteiger partial charge is 0.520 e. The molecule has 0 spiro atoms. The van der Waals surface area contributed by atoms with Crippen LogP contribution in [-0.2, 0) is 13.3 Å². The van der Waals surface area contributed by atoms with Gasteiger partial charge in [0.1, 0.15) is 0 Å². The lowest BCUT2D eigenvalue weighted by molar-refractivity contribution is 0.0958. The molecule has 0 aliphatic carbocycles. The summed E-state index contributed by atoms with van der Waals surface area (Å²) in [6.07, 6.45) is -0.0898. The summed E-state index contributed by atoms with van der Waals surface area (Å²) in [4.78, 5) is 12.1. The third kappa shape index (κ3) is 4.16. The zero-order valence-electron chi connectivity index (χ0n) is 9.65. The summed E-state index contributed by atoms with van der Waals surface area (Å²) >= 11 is 0. The molecule has 0 saturated heterocycles. The first kappa shape index (κ1) is 14.4. The number of hydrogen-bond acceptors (Lipinski definition) is 4. The van der Waals surface area contributed by atoms with Crippen molar-refractivity contribution in [2.45, 2.75) is 13.3 Å². The van der Waals surface area contributed by atoms with Crippen LogP contribution < -0.4 is 0 Å². The number of hydrogen-bond donors (Lipinski definition) is 1. The monoisotopic (exact) mass is 237 g/mol. The second-order valence-corrected chi connectivity index (χ2v) is 5.91. The standard InChI is InChI=1S/C8H19NO5Si/c1-5-6-9(8(10)11)7-15(12-2,13-3)14-4/h5-7H2,1-4H3,(H,10,11). The Morgan fingerprint density at radius 1 is 1.27 bits per heavy atom. The Morgan fingerprint density at radius 3 is 2.00 bits per heavy atom. The Hall–Kier alpha value is -0.633. The van der Waals surface area contributed by atoms with Crippen molar-refractivity contribution in [3.8, 4) is 0 Å². The van der Waals surface area contributed by atoms with Gasteiger partial charge in [0.05, 0.1) is 6.17 Å². The molecular weight excluding hydrogens is 218 g/mol.